The summed E-state index contributed by atoms with van der Waals surface area (Å²) in [5.74, 6) is 0.923. The number of piperidine rings is 1. The minimum absolute atomic E-state index is 0.365. The van der Waals surface area contributed by atoms with Gasteiger partial charge in [0.15, 0.2) is 6.29 Å². The van der Waals surface area contributed by atoms with E-state index in [1.165, 1.54) is 10.9 Å². The summed E-state index contributed by atoms with van der Waals surface area (Å²) in [6.07, 6.45) is 10.8. The molecule has 1 amide bonds. The van der Waals surface area contributed by atoms with E-state index in [0.29, 0.717) is 24.0 Å². The number of hydrogen-bond acceptors (Lipinski definition) is 7. The Morgan fingerprint density at radius 3 is 2.81 bits per heavy atom. The Bertz CT molecular complexity index is 1140. The number of ether oxygens (including phenoxy) is 1. The van der Waals surface area contributed by atoms with Crippen LogP contribution in [0.1, 0.15) is 48.0 Å². The molecule has 36 heavy (non-hydrogen) atoms. The number of hydroxylamine groups is 1. The fourth-order valence-corrected chi connectivity index (χ4v) is 4.98. The Morgan fingerprint density at radius 1 is 1.19 bits per heavy atom. The molecule has 0 spiro atoms. The largest absolute Gasteiger partial charge is 0.361 e. The molecular formula is C26H33ClN6O3. The number of H-pyrrole nitrogens is 1. The van der Waals surface area contributed by atoms with E-state index in [9.17, 15) is 4.79 Å². The number of nitrogens with one attached hydrogen (secondary N) is 3. The number of aromatic nitrogens is 3. The minimum Gasteiger partial charge on any atom is -0.361 e. The molecular weight excluding hydrogens is 480 g/mol. The van der Waals surface area contributed by atoms with Gasteiger partial charge in [-0.25, -0.2) is 20.3 Å². The molecule has 2 aliphatic heterocycles. The highest BCUT2D eigenvalue weighted by molar-refractivity contribution is 6.31. The van der Waals surface area contributed by atoms with E-state index in [1.54, 1.807) is 12.4 Å². The van der Waals surface area contributed by atoms with Gasteiger partial charge >= 0.3 is 0 Å². The lowest BCUT2D eigenvalue weighted by atomic mass is 9.97. The van der Waals surface area contributed by atoms with Crippen LogP contribution in [-0.2, 0) is 16.0 Å². The quantitative estimate of drug-likeness (QED) is 0.295. The number of benzene rings is 1. The standard InChI is InChI=1S/C26H33ClN6O3/c27-21-4-5-23-22(13-21)19(15-29-23)6-9-28-14-18-7-10-33(11-8-18)26-30-16-20(17-31-26)25(34)32-36-24-3-1-2-12-35-24/h4-5,13,15-18,24,28-29H,1-3,6-12,14H2,(H,32,34). The SMILES string of the molecule is O=C(NOC1CCCCO1)c1cnc(N2CCC(CNCCc3c[nH]c4ccc(Cl)cc34)CC2)nc1. The highest BCUT2D eigenvalue weighted by atomic mass is 35.5. The molecule has 1 unspecified atom stereocenters. The van der Waals surface area contributed by atoms with Crippen molar-refractivity contribution in [1.29, 1.82) is 0 Å². The number of hydrogen-bond donors (Lipinski definition) is 3. The predicted octanol–water partition coefficient (Wildman–Crippen LogP) is 3.85. The second-order valence-corrected chi connectivity index (χ2v) is 9.94. The lowest BCUT2D eigenvalue weighted by Gasteiger charge is -2.32. The van der Waals surface area contributed by atoms with Gasteiger partial charge < -0.3 is 19.9 Å². The summed E-state index contributed by atoms with van der Waals surface area (Å²) in [4.78, 5) is 32.0. The van der Waals surface area contributed by atoms with Crippen molar-refractivity contribution in [3.05, 3.63) is 52.9 Å². The molecule has 0 bridgehead atoms. The van der Waals surface area contributed by atoms with Crippen molar-refractivity contribution < 1.29 is 14.4 Å². The van der Waals surface area contributed by atoms with E-state index in [0.717, 1.165) is 75.2 Å². The van der Waals surface area contributed by atoms with Gasteiger partial charge in [-0.2, -0.15) is 0 Å². The average Bonchev–Trinajstić information content (AvgIpc) is 3.32. The number of nitrogens with zero attached hydrogens (tertiary/aromatic N) is 3. The molecule has 10 heteroatoms. The van der Waals surface area contributed by atoms with Gasteiger partial charge in [-0.15, -0.1) is 0 Å². The summed E-state index contributed by atoms with van der Waals surface area (Å²) >= 11 is 6.16. The molecule has 192 valence electrons. The zero-order chi connectivity index (χ0) is 24.7. The summed E-state index contributed by atoms with van der Waals surface area (Å²) in [5.41, 5.74) is 5.23. The summed E-state index contributed by atoms with van der Waals surface area (Å²) < 4.78 is 5.45. The van der Waals surface area contributed by atoms with Gasteiger partial charge in [0.2, 0.25) is 5.95 Å². The molecule has 9 nitrogen and oxygen atoms in total. The second-order valence-electron chi connectivity index (χ2n) is 9.51. The third-order valence-electron chi connectivity index (χ3n) is 6.95. The van der Waals surface area contributed by atoms with Crippen LogP contribution in [-0.4, -0.2) is 59.9 Å². The lowest BCUT2D eigenvalue weighted by molar-refractivity contribution is -0.186. The monoisotopic (exact) mass is 512 g/mol. The molecule has 3 aromatic rings. The van der Waals surface area contributed by atoms with E-state index >= 15 is 0 Å². The Morgan fingerprint density at radius 2 is 2.03 bits per heavy atom. The zero-order valence-corrected chi connectivity index (χ0v) is 21.1. The fourth-order valence-electron chi connectivity index (χ4n) is 4.81. The predicted molar refractivity (Wildman–Crippen MR) is 139 cm³/mol. The van der Waals surface area contributed by atoms with Crippen molar-refractivity contribution in [2.75, 3.05) is 37.7 Å². The highest BCUT2D eigenvalue weighted by Crippen LogP contribution is 2.23. The molecule has 2 aromatic heterocycles. The number of aromatic amines is 1. The number of amides is 1. The molecule has 2 saturated heterocycles. The first-order valence-electron chi connectivity index (χ1n) is 12.8. The maximum atomic E-state index is 12.3. The van der Waals surface area contributed by atoms with Gasteiger partial charge in [0.25, 0.3) is 5.91 Å². The zero-order valence-electron chi connectivity index (χ0n) is 20.3. The van der Waals surface area contributed by atoms with Crippen molar-refractivity contribution >= 4 is 34.4 Å². The van der Waals surface area contributed by atoms with E-state index in [4.69, 9.17) is 21.2 Å². The van der Waals surface area contributed by atoms with Gasteiger partial charge in [0, 0.05) is 60.6 Å². The summed E-state index contributed by atoms with van der Waals surface area (Å²) in [7, 11) is 0. The number of halogens is 1. The van der Waals surface area contributed by atoms with Gasteiger partial charge in [0.05, 0.1) is 5.56 Å². The van der Waals surface area contributed by atoms with Crippen LogP contribution in [0.3, 0.4) is 0 Å². The number of anilines is 1. The van der Waals surface area contributed by atoms with Crippen LogP contribution in [0.5, 0.6) is 0 Å². The Balaban J connectivity index is 1.01. The van der Waals surface area contributed by atoms with Crippen molar-refractivity contribution in [3.8, 4) is 0 Å². The van der Waals surface area contributed by atoms with Crippen LogP contribution in [0.2, 0.25) is 5.02 Å². The number of carbonyl (C=O) groups excluding carboxylic acids is 1. The van der Waals surface area contributed by atoms with Crippen LogP contribution < -0.4 is 15.7 Å². The number of rotatable bonds is 9. The van der Waals surface area contributed by atoms with Crippen LogP contribution in [0.15, 0.2) is 36.8 Å². The summed E-state index contributed by atoms with van der Waals surface area (Å²) in [6.45, 7) is 4.40. The topological polar surface area (TPSA) is 104 Å². The van der Waals surface area contributed by atoms with Gasteiger partial charge in [-0.1, -0.05) is 11.6 Å². The highest BCUT2D eigenvalue weighted by Gasteiger charge is 2.21. The van der Waals surface area contributed by atoms with Gasteiger partial charge in [-0.3, -0.25) is 4.79 Å². The lowest BCUT2D eigenvalue weighted by Crippen LogP contribution is -2.38. The Labute approximate surface area is 215 Å². The van der Waals surface area contributed by atoms with E-state index in [-0.39, 0.29) is 12.2 Å². The Hall–Kier alpha value is -2.72. The van der Waals surface area contributed by atoms with Crippen molar-refractivity contribution in [2.24, 2.45) is 5.92 Å². The molecule has 3 N–H and O–H groups in total. The molecule has 1 atom stereocenters. The van der Waals surface area contributed by atoms with Crippen molar-refractivity contribution in [2.45, 2.75) is 44.8 Å². The maximum absolute atomic E-state index is 12.3. The normalized spacial score (nSPS) is 19.0. The third kappa shape index (κ3) is 6.34. The first-order valence-corrected chi connectivity index (χ1v) is 13.1. The van der Waals surface area contributed by atoms with Crippen LogP contribution >= 0.6 is 11.6 Å². The second kappa shape index (κ2) is 12.0. The molecule has 2 aliphatic rings. The molecule has 0 saturated carbocycles. The van der Waals surface area contributed by atoms with Crippen LogP contribution in [0.4, 0.5) is 5.95 Å². The Kier molecular flexibility index (Phi) is 8.32. The molecule has 4 heterocycles. The van der Waals surface area contributed by atoms with Crippen molar-refractivity contribution in [3.63, 3.8) is 0 Å². The first kappa shape index (κ1) is 25.0. The number of carbonyl (C=O) groups is 1. The summed E-state index contributed by atoms with van der Waals surface area (Å²) in [5, 5.41) is 5.59. The average molecular weight is 513 g/mol. The van der Waals surface area contributed by atoms with Gasteiger partial charge in [-0.05, 0) is 74.9 Å². The fraction of sp³-hybridized carbons (Fsp3) is 0.500. The smallest absolute Gasteiger partial charge is 0.278 e. The first-order chi connectivity index (χ1) is 17.7. The molecule has 0 radical (unpaired) electrons. The molecule has 2 fully saturated rings. The van der Waals surface area contributed by atoms with Crippen LogP contribution in [0, 0.1) is 5.92 Å². The molecule has 1 aromatic carbocycles. The minimum atomic E-state index is -0.383. The molecule has 5 rings (SSSR count). The molecule has 0 aliphatic carbocycles. The maximum Gasteiger partial charge on any atom is 0.278 e. The van der Waals surface area contributed by atoms with Crippen molar-refractivity contribution in [1.82, 2.24) is 25.7 Å². The number of fused-ring (bicyclic) bond motifs is 1. The third-order valence-corrected chi connectivity index (χ3v) is 7.19. The summed E-state index contributed by atoms with van der Waals surface area (Å²) in [6, 6.07) is 5.96. The van der Waals surface area contributed by atoms with E-state index in [2.05, 4.69) is 36.8 Å². The van der Waals surface area contributed by atoms with Gasteiger partial charge in [0.1, 0.15) is 0 Å². The van der Waals surface area contributed by atoms with Crippen LogP contribution in [0.25, 0.3) is 10.9 Å². The van der Waals surface area contributed by atoms with E-state index in [1.807, 2.05) is 18.2 Å². The van der Waals surface area contributed by atoms with E-state index < -0.39 is 0 Å².